The normalized spacial score (nSPS) is 13.7. The number of nitro benzene ring substituents is 1. The van der Waals surface area contributed by atoms with Gasteiger partial charge in [-0.3, -0.25) is 20.2 Å². The molecule has 0 aliphatic carbocycles. The second kappa shape index (κ2) is 8.99. The molecule has 3 rings (SSSR count). The van der Waals surface area contributed by atoms with Crippen LogP contribution in [0.2, 0.25) is 5.02 Å². The van der Waals surface area contributed by atoms with E-state index in [1.54, 1.807) is 12.1 Å². The number of carbonyl (C=O) groups is 1. The number of amides is 1. The number of rotatable bonds is 4. The number of nitro groups is 1. The fourth-order valence-electron chi connectivity index (χ4n) is 3.13. The van der Waals surface area contributed by atoms with E-state index in [2.05, 4.69) is 15.5 Å². The average Bonchev–Trinajstić information content (AvgIpc) is 2.68. The summed E-state index contributed by atoms with van der Waals surface area (Å²) in [5.74, 6) is -0.652. The SMILES string of the molecule is O=C(NC(=S)Nc1ccc(N2CCCCC2)c(Cl)c1)c1ccccc1[N+](=O)[O-]. The lowest BCUT2D eigenvalue weighted by Crippen LogP contribution is -2.34. The molecular formula is C19H19ClN4O3S. The number of para-hydroxylation sites is 1. The highest BCUT2D eigenvalue weighted by Gasteiger charge is 2.20. The van der Waals surface area contributed by atoms with Gasteiger partial charge in [0, 0.05) is 24.8 Å². The Morgan fingerprint density at radius 1 is 1.14 bits per heavy atom. The molecule has 0 atom stereocenters. The van der Waals surface area contributed by atoms with Gasteiger partial charge in [-0.25, -0.2) is 0 Å². The molecule has 146 valence electrons. The summed E-state index contributed by atoms with van der Waals surface area (Å²) in [5, 5.41) is 17.0. The van der Waals surface area contributed by atoms with E-state index >= 15 is 0 Å². The van der Waals surface area contributed by atoms with Crippen LogP contribution in [0.3, 0.4) is 0 Å². The molecule has 9 heteroatoms. The number of halogens is 1. The number of anilines is 2. The topological polar surface area (TPSA) is 87.5 Å². The molecule has 0 radical (unpaired) electrons. The Morgan fingerprint density at radius 3 is 2.54 bits per heavy atom. The van der Waals surface area contributed by atoms with Crippen molar-refractivity contribution in [3.8, 4) is 0 Å². The van der Waals surface area contributed by atoms with Gasteiger partial charge in [-0.2, -0.15) is 0 Å². The molecule has 0 bridgehead atoms. The molecule has 1 fully saturated rings. The Bertz CT molecular complexity index is 916. The maximum Gasteiger partial charge on any atom is 0.282 e. The molecule has 0 spiro atoms. The summed E-state index contributed by atoms with van der Waals surface area (Å²) >= 11 is 11.6. The number of hydrogen-bond donors (Lipinski definition) is 2. The smallest absolute Gasteiger partial charge is 0.282 e. The van der Waals surface area contributed by atoms with Gasteiger partial charge in [0.15, 0.2) is 5.11 Å². The van der Waals surface area contributed by atoms with E-state index in [1.165, 1.54) is 24.6 Å². The third-order valence-corrected chi connectivity index (χ3v) is 4.98. The summed E-state index contributed by atoms with van der Waals surface area (Å²) in [5.41, 5.74) is 1.26. The van der Waals surface area contributed by atoms with E-state index in [0.717, 1.165) is 31.6 Å². The Hall–Kier alpha value is -2.71. The first-order chi connectivity index (χ1) is 13.5. The van der Waals surface area contributed by atoms with Gasteiger partial charge in [0.2, 0.25) is 0 Å². The standard InChI is InChI=1S/C19H19ClN4O3S/c20-15-12-13(8-9-17(15)23-10-4-1-5-11-23)21-19(28)22-18(25)14-6-2-3-7-16(14)24(26)27/h2-3,6-9,12H,1,4-5,10-11H2,(H2,21,22,25,28). The molecule has 1 aliphatic heterocycles. The molecule has 1 amide bonds. The molecule has 1 aliphatic rings. The second-order valence-corrected chi connectivity index (χ2v) is 7.21. The lowest BCUT2D eigenvalue weighted by Gasteiger charge is -2.29. The minimum atomic E-state index is -0.652. The highest BCUT2D eigenvalue weighted by molar-refractivity contribution is 7.80. The first-order valence-electron chi connectivity index (χ1n) is 8.86. The zero-order valence-corrected chi connectivity index (χ0v) is 16.6. The van der Waals surface area contributed by atoms with Gasteiger partial charge < -0.3 is 10.2 Å². The lowest BCUT2D eigenvalue weighted by molar-refractivity contribution is -0.385. The molecular weight excluding hydrogens is 400 g/mol. The van der Waals surface area contributed by atoms with Gasteiger partial charge in [-0.1, -0.05) is 23.7 Å². The van der Waals surface area contributed by atoms with Crippen LogP contribution in [0.1, 0.15) is 29.6 Å². The fraction of sp³-hybridized carbons (Fsp3) is 0.263. The van der Waals surface area contributed by atoms with Crippen LogP contribution in [0.4, 0.5) is 17.1 Å². The Labute approximate surface area is 172 Å². The van der Waals surface area contributed by atoms with Crippen molar-refractivity contribution in [2.75, 3.05) is 23.3 Å². The summed E-state index contributed by atoms with van der Waals surface area (Å²) in [6, 6.07) is 11.2. The minimum absolute atomic E-state index is 0.0324. The van der Waals surface area contributed by atoms with E-state index in [9.17, 15) is 14.9 Å². The van der Waals surface area contributed by atoms with E-state index in [4.69, 9.17) is 23.8 Å². The maximum atomic E-state index is 12.3. The molecule has 2 aromatic rings. The first kappa shape index (κ1) is 20.0. The van der Waals surface area contributed by atoms with Crippen LogP contribution in [0.25, 0.3) is 0 Å². The Kier molecular flexibility index (Phi) is 6.43. The number of thiocarbonyl (C=S) groups is 1. The van der Waals surface area contributed by atoms with Gasteiger partial charge in [-0.05, 0) is 55.7 Å². The van der Waals surface area contributed by atoms with Crippen molar-refractivity contribution in [2.24, 2.45) is 0 Å². The Balaban J connectivity index is 1.66. The van der Waals surface area contributed by atoms with Gasteiger partial charge in [0.05, 0.1) is 15.6 Å². The van der Waals surface area contributed by atoms with Gasteiger partial charge in [-0.15, -0.1) is 0 Å². The third-order valence-electron chi connectivity index (χ3n) is 4.47. The number of hydrogen-bond acceptors (Lipinski definition) is 5. The summed E-state index contributed by atoms with van der Waals surface area (Å²) in [6.07, 6.45) is 3.54. The highest BCUT2D eigenvalue weighted by atomic mass is 35.5. The first-order valence-corrected chi connectivity index (χ1v) is 9.64. The van der Waals surface area contributed by atoms with E-state index in [1.807, 2.05) is 12.1 Å². The van der Waals surface area contributed by atoms with Crippen molar-refractivity contribution in [1.29, 1.82) is 0 Å². The van der Waals surface area contributed by atoms with Crippen LogP contribution in [0.15, 0.2) is 42.5 Å². The Morgan fingerprint density at radius 2 is 1.86 bits per heavy atom. The number of benzene rings is 2. The molecule has 2 aromatic carbocycles. The number of nitrogens with zero attached hydrogens (tertiary/aromatic N) is 2. The molecule has 1 saturated heterocycles. The highest BCUT2D eigenvalue weighted by Crippen LogP contribution is 2.30. The zero-order chi connectivity index (χ0) is 20.1. The number of piperidine rings is 1. The van der Waals surface area contributed by atoms with Gasteiger partial charge in [0.25, 0.3) is 11.6 Å². The van der Waals surface area contributed by atoms with Gasteiger partial charge in [0.1, 0.15) is 5.56 Å². The van der Waals surface area contributed by atoms with Crippen molar-refractivity contribution in [1.82, 2.24) is 5.32 Å². The van der Waals surface area contributed by atoms with Crippen LogP contribution in [-0.4, -0.2) is 29.0 Å². The average molecular weight is 419 g/mol. The van der Waals surface area contributed by atoms with Crippen LogP contribution in [-0.2, 0) is 0 Å². The van der Waals surface area contributed by atoms with Crippen LogP contribution < -0.4 is 15.5 Å². The van der Waals surface area contributed by atoms with E-state index in [-0.39, 0.29) is 16.4 Å². The van der Waals surface area contributed by atoms with Crippen molar-refractivity contribution >= 4 is 51.9 Å². The third kappa shape index (κ3) is 4.76. The molecule has 28 heavy (non-hydrogen) atoms. The molecule has 2 N–H and O–H groups in total. The summed E-state index contributed by atoms with van der Waals surface area (Å²) in [4.78, 5) is 25.0. The predicted octanol–water partition coefficient (Wildman–Crippen LogP) is 4.37. The van der Waals surface area contributed by atoms with Crippen molar-refractivity contribution in [3.63, 3.8) is 0 Å². The monoisotopic (exact) mass is 418 g/mol. The molecule has 7 nitrogen and oxygen atoms in total. The second-order valence-electron chi connectivity index (χ2n) is 6.40. The minimum Gasteiger partial charge on any atom is -0.370 e. The fourth-order valence-corrected chi connectivity index (χ4v) is 3.64. The summed E-state index contributed by atoms with van der Waals surface area (Å²) in [7, 11) is 0. The lowest BCUT2D eigenvalue weighted by atomic mass is 10.1. The van der Waals surface area contributed by atoms with Crippen LogP contribution in [0, 0.1) is 10.1 Å². The quantitative estimate of drug-likeness (QED) is 0.435. The van der Waals surface area contributed by atoms with Gasteiger partial charge >= 0.3 is 0 Å². The summed E-state index contributed by atoms with van der Waals surface area (Å²) in [6.45, 7) is 1.97. The zero-order valence-electron chi connectivity index (χ0n) is 15.0. The maximum absolute atomic E-state index is 12.3. The van der Waals surface area contributed by atoms with Crippen molar-refractivity contribution < 1.29 is 9.72 Å². The molecule has 0 aromatic heterocycles. The van der Waals surface area contributed by atoms with Crippen LogP contribution >= 0.6 is 23.8 Å². The summed E-state index contributed by atoms with van der Waals surface area (Å²) < 4.78 is 0. The van der Waals surface area contributed by atoms with Crippen molar-refractivity contribution in [3.05, 3.63) is 63.2 Å². The molecule has 1 heterocycles. The largest absolute Gasteiger partial charge is 0.370 e. The number of carbonyl (C=O) groups excluding carboxylic acids is 1. The number of nitrogens with one attached hydrogen (secondary N) is 2. The molecule has 0 saturated carbocycles. The van der Waals surface area contributed by atoms with E-state index < -0.39 is 10.8 Å². The van der Waals surface area contributed by atoms with Crippen molar-refractivity contribution in [2.45, 2.75) is 19.3 Å². The van der Waals surface area contributed by atoms with E-state index in [0.29, 0.717) is 10.7 Å². The predicted molar refractivity (Wildman–Crippen MR) is 114 cm³/mol. The van der Waals surface area contributed by atoms with Crippen LogP contribution in [0.5, 0.6) is 0 Å². The molecule has 0 unspecified atom stereocenters.